The van der Waals surface area contributed by atoms with E-state index >= 15 is 0 Å². The van der Waals surface area contributed by atoms with Crippen LogP contribution < -0.4 is 11.1 Å². The Morgan fingerprint density at radius 3 is 2.46 bits per heavy atom. The Morgan fingerprint density at radius 1 is 1.07 bits per heavy atom. The lowest BCUT2D eigenvalue weighted by Gasteiger charge is -2.33. The second kappa shape index (κ2) is 15.0. The number of hydrogen-bond acceptors (Lipinski definition) is 6. The predicted molar refractivity (Wildman–Crippen MR) is 182 cm³/mol. The van der Waals surface area contributed by atoms with Gasteiger partial charge in [-0.25, -0.2) is 4.98 Å². The Balaban J connectivity index is 1.16. The molecule has 1 saturated heterocycles. The summed E-state index contributed by atoms with van der Waals surface area (Å²) < 4.78 is 7.61. The molecule has 1 aliphatic heterocycles. The first-order valence-corrected chi connectivity index (χ1v) is 16.3. The number of aryl methyl sites for hydroxylation is 1. The molecule has 0 spiro atoms. The molecule has 244 valence electrons. The number of hydrogen-bond donors (Lipinski definition) is 3. The number of benzene rings is 3. The van der Waals surface area contributed by atoms with Gasteiger partial charge in [-0.05, 0) is 80.5 Å². The Kier molecular flexibility index (Phi) is 10.9. The van der Waals surface area contributed by atoms with Gasteiger partial charge < -0.3 is 30.4 Å². The van der Waals surface area contributed by atoms with Gasteiger partial charge in [0, 0.05) is 57.3 Å². The number of nitrogens with two attached hydrogens (primary N) is 1. The lowest BCUT2D eigenvalue weighted by molar-refractivity contribution is -0.132. The highest BCUT2D eigenvalue weighted by Crippen LogP contribution is 2.30. The van der Waals surface area contributed by atoms with Crippen molar-refractivity contribution < 1.29 is 19.4 Å². The quantitative estimate of drug-likeness (QED) is 0.182. The SMILES string of the molecule is COCCCn1c([C@@H]2CCCN(C(=O)C[C@H](N)Cc3ccc(-c4ccc(C(=O)NC(C)(C)CO)cc4)cc3)C2)nc2ccccc21. The number of aliphatic hydroxyl groups excluding tert-OH is 1. The Bertz CT molecular complexity index is 1610. The zero-order chi connectivity index (χ0) is 32.7. The van der Waals surface area contributed by atoms with E-state index in [1.165, 1.54) is 0 Å². The Morgan fingerprint density at radius 2 is 1.76 bits per heavy atom. The number of fused-ring (bicyclic) bond motifs is 1. The molecule has 0 aliphatic carbocycles. The predicted octanol–water partition coefficient (Wildman–Crippen LogP) is 4.91. The fraction of sp³-hybridized carbons (Fsp3) is 0.432. The summed E-state index contributed by atoms with van der Waals surface area (Å²) in [4.78, 5) is 32.9. The van der Waals surface area contributed by atoms with Gasteiger partial charge in [-0.2, -0.15) is 0 Å². The molecule has 4 N–H and O–H groups in total. The van der Waals surface area contributed by atoms with Gasteiger partial charge in [-0.1, -0.05) is 48.5 Å². The number of nitrogens with zero attached hydrogens (tertiary/aromatic N) is 3. The fourth-order valence-corrected chi connectivity index (χ4v) is 6.22. The molecule has 9 heteroatoms. The van der Waals surface area contributed by atoms with Gasteiger partial charge in [0.25, 0.3) is 5.91 Å². The molecule has 2 amide bonds. The molecule has 0 unspecified atom stereocenters. The summed E-state index contributed by atoms with van der Waals surface area (Å²) in [5, 5.41) is 12.3. The van der Waals surface area contributed by atoms with E-state index in [1.807, 2.05) is 41.3 Å². The van der Waals surface area contributed by atoms with Crippen molar-refractivity contribution in [3.05, 3.63) is 89.7 Å². The van der Waals surface area contributed by atoms with Crippen LogP contribution >= 0.6 is 0 Å². The van der Waals surface area contributed by atoms with Crippen molar-refractivity contribution in [1.82, 2.24) is 19.8 Å². The maximum absolute atomic E-state index is 13.4. The molecular weight excluding hydrogens is 578 g/mol. The summed E-state index contributed by atoms with van der Waals surface area (Å²) in [7, 11) is 1.73. The van der Waals surface area contributed by atoms with Gasteiger partial charge in [0.05, 0.1) is 23.2 Å². The lowest BCUT2D eigenvalue weighted by atomic mass is 9.95. The normalized spacial score (nSPS) is 16.0. The van der Waals surface area contributed by atoms with Gasteiger partial charge in [-0.15, -0.1) is 0 Å². The second-order valence-corrected chi connectivity index (χ2v) is 13.1. The van der Waals surface area contributed by atoms with Crippen LogP contribution in [-0.4, -0.2) is 76.4 Å². The monoisotopic (exact) mass is 625 g/mol. The van der Waals surface area contributed by atoms with E-state index in [9.17, 15) is 14.7 Å². The summed E-state index contributed by atoms with van der Waals surface area (Å²) in [6, 6.07) is 23.6. The van der Waals surface area contributed by atoms with Gasteiger partial charge in [-0.3, -0.25) is 9.59 Å². The average molecular weight is 626 g/mol. The minimum Gasteiger partial charge on any atom is -0.394 e. The summed E-state index contributed by atoms with van der Waals surface area (Å²) in [5.41, 5.74) is 11.6. The number of likely N-dealkylation sites (tertiary alicyclic amines) is 1. The molecule has 3 aromatic carbocycles. The van der Waals surface area contributed by atoms with E-state index in [-0.39, 0.29) is 30.4 Å². The van der Waals surface area contributed by atoms with Crippen LogP contribution in [0, 0.1) is 0 Å². The molecule has 5 rings (SSSR count). The molecule has 0 saturated carbocycles. The smallest absolute Gasteiger partial charge is 0.251 e. The molecular formula is C37H47N5O4. The van der Waals surface area contributed by atoms with Crippen LogP contribution in [0.15, 0.2) is 72.8 Å². The van der Waals surface area contributed by atoms with Crippen molar-refractivity contribution in [2.45, 2.75) is 70.0 Å². The summed E-state index contributed by atoms with van der Waals surface area (Å²) in [6.45, 7) is 6.35. The molecule has 1 fully saturated rings. The van der Waals surface area contributed by atoms with Crippen LogP contribution in [0.1, 0.15) is 67.2 Å². The number of carbonyl (C=O) groups excluding carboxylic acids is 2. The van der Waals surface area contributed by atoms with E-state index in [2.05, 4.69) is 34.1 Å². The van der Waals surface area contributed by atoms with Gasteiger partial charge >= 0.3 is 0 Å². The van der Waals surface area contributed by atoms with Crippen molar-refractivity contribution in [2.75, 3.05) is 33.4 Å². The summed E-state index contributed by atoms with van der Waals surface area (Å²) in [6.07, 6.45) is 3.77. The highest BCUT2D eigenvalue weighted by atomic mass is 16.5. The summed E-state index contributed by atoms with van der Waals surface area (Å²) in [5.74, 6) is 1.12. The van der Waals surface area contributed by atoms with E-state index in [1.54, 1.807) is 33.1 Å². The number of carbonyl (C=O) groups is 2. The molecule has 2 heterocycles. The lowest BCUT2D eigenvalue weighted by Crippen LogP contribution is -2.46. The number of aliphatic hydroxyl groups is 1. The molecule has 1 aliphatic rings. The number of nitrogens with one attached hydrogen (secondary N) is 1. The molecule has 9 nitrogen and oxygen atoms in total. The van der Waals surface area contributed by atoms with Gasteiger partial charge in [0.15, 0.2) is 0 Å². The van der Waals surface area contributed by atoms with Crippen LogP contribution in [0.25, 0.3) is 22.2 Å². The average Bonchev–Trinajstić information content (AvgIpc) is 3.43. The fourth-order valence-electron chi connectivity index (χ4n) is 6.22. The number of amides is 2. The third-order valence-electron chi connectivity index (χ3n) is 8.77. The maximum atomic E-state index is 13.4. The van der Waals surface area contributed by atoms with Crippen molar-refractivity contribution in [3.63, 3.8) is 0 Å². The minimum absolute atomic E-state index is 0.0994. The first-order chi connectivity index (χ1) is 22.2. The Labute approximate surface area is 271 Å². The highest BCUT2D eigenvalue weighted by Gasteiger charge is 2.29. The number of rotatable bonds is 13. The van der Waals surface area contributed by atoms with E-state index in [0.717, 1.165) is 65.9 Å². The number of ether oxygens (including phenoxy) is 1. The maximum Gasteiger partial charge on any atom is 0.251 e. The number of aromatic nitrogens is 2. The molecule has 2 atom stereocenters. The van der Waals surface area contributed by atoms with Crippen molar-refractivity contribution in [1.29, 1.82) is 0 Å². The zero-order valence-corrected chi connectivity index (χ0v) is 27.2. The van der Waals surface area contributed by atoms with Crippen LogP contribution in [-0.2, 0) is 22.5 Å². The number of piperidine rings is 1. The number of methoxy groups -OCH3 is 1. The van der Waals surface area contributed by atoms with E-state index in [0.29, 0.717) is 31.6 Å². The van der Waals surface area contributed by atoms with Crippen LogP contribution in [0.5, 0.6) is 0 Å². The molecule has 0 radical (unpaired) electrons. The second-order valence-electron chi connectivity index (χ2n) is 13.1. The third kappa shape index (κ3) is 8.20. The van der Waals surface area contributed by atoms with E-state index < -0.39 is 5.54 Å². The zero-order valence-electron chi connectivity index (χ0n) is 27.2. The largest absolute Gasteiger partial charge is 0.394 e. The Hall–Kier alpha value is -4.05. The van der Waals surface area contributed by atoms with Crippen LogP contribution in [0.4, 0.5) is 0 Å². The van der Waals surface area contributed by atoms with Gasteiger partial charge in [0.1, 0.15) is 5.82 Å². The molecule has 1 aromatic heterocycles. The van der Waals surface area contributed by atoms with Crippen LogP contribution in [0.3, 0.4) is 0 Å². The van der Waals surface area contributed by atoms with Crippen molar-refractivity contribution >= 4 is 22.8 Å². The number of para-hydroxylation sites is 2. The van der Waals surface area contributed by atoms with E-state index in [4.69, 9.17) is 15.5 Å². The first kappa shape index (κ1) is 33.3. The topological polar surface area (TPSA) is 123 Å². The van der Waals surface area contributed by atoms with Crippen LogP contribution in [0.2, 0.25) is 0 Å². The highest BCUT2D eigenvalue weighted by molar-refractivity contribution is 5.95. The first-order valence-electron chi connectivity index (χ1n) is 16.3. The molecule has 4 aromatic rings. The van der Waals surface area contributed by atoms with Crippen molar-refractivity contribution in [2.24, 2.45) is 5.73 Å². The standard InChI is InChI=1S/C37H47N5O4/c1-37(2,25-43)40-36(45)29-17-15-28(16-18-29)27-13-11-26(12-14-27)22-31(38)23-34(44)41-19-6-8-30(24-41)35-39-32-9-4-5-10-33(32)42(35)20-7-21-46-3/h4-5,9-18,30-31,43H,6-8,19-25,38H2,1-3H3,(H,40,45)/t30-,31-/m1/s1. The van der Waals surface area contributed by atoms with Gasteiger partial charge in [0.2, 0.25) is 5.91 Å². The van der Waals surface area contributed by atoms with Crippen molar-refractivity contribution in [3.8, 4) is 11.1 Å². The molecule has 0 bridgehead atoms. The summed E-state index contributed by atoms with van der Waals surface area (Å²) >= 11 is 0. The number of imidazole rings is 1. The third-order valence-corrected chi connectivity index (χ3v) is 8.77. The molecule has 46 heavy (non-hydrogen) atoms. The minimum atomic E-state index is -0.683.